The number of hydrogen-bond acceptors (Lipinski definition) is 3. The SMILES string of the molecule is Cc1ccnc(C)c1C(=O)N1CCC(C)(N2CCC([C@@H](C)c3ccc(C(F)(F)F)cc3)[C@@H](C)C2)CC1. The lowest BCUT2D eigenvalue weighted by atomic mass is 9.73. The highest BCUT2D eigenvalue weighted by Gasteiger charge is 2.41. The van der Waals surface area contributed by atoms with Gasteiger partial charge in [-0.25, -0.2) is 0 Å². The van der Waals surface area contributed by atoms with Crippen molar-refractivity contribution in [1.29, 1.82) is 0 Å². The number of carbonyl (C=O) groups is 1. The number of pyridine rings is 1. The number of nitrogens with zero attached hydrogens (tertiary/aromatic N) is 3. The number of piperidine rings is 2. The second kappa shape index (κ2) is 10.2. The van der Waals surface area contributed by atoms with Gasteiger partial charge in [-0.3, -0.25) is 14.7 Å². The van der Waals surface area contributed by atoms with Crippen molar-refractivity contribution in [3.63, 3.8) is 0 Å². The summed E-state index contributed by atoms with van der Waals surface area (Å²) in [5.74, 6) is 1.16. The van der Waals surface area contributed by atoms with Crippen LogP contribution in [0, 0.1) is 25.7 Å². The summed E-state index contributed by atoms with van der Waals surface area (Å²) in [6, 6.07) is 7.59. The molecule has 2 aromatic rings. The van der Waals surface area contributed by atoms with Crippen LogP contribution in [0.4, 0.5) is 13.2 Å². The van der Waals surface area contributed by atoms with Crippen LogP contribution in [-0.2, 0) is 6.18 Å². The molecular formula is C29H38F3N3O. The first-order valence-electron chi connectivity index (χ1n) is 13.0. The molecule has 3 atom stereocenters. The number of carbonyl (C=O) groups excluding carboxylic acids is 1. The summed E-state index contributed by atoms with van der Waals surface area (Å²) in [7, 11) is 0. The number of aryl methyl sites for hydroxylation is 2. The Balaban J connectivity index is 1.36. The van der Waals surface area contributed by atoms with Crippen molar-refractivity contribution in [2.45, 2.75) is 71.5 Å². The topological polar surface area (TPSA) is 36.4 Å². The van der Waals surface area contributed by atoms with Crippen molar-refractivity contribution in [3.8, 4) is 0 Å². The van der Waals surface area contributed by atoms with Gasteiger partial charge >= 0.3 is 6.18 Å². The van der Waals surface area contributed by atoms with Crippen molar-refractivity contribution >= 4 is 5.91 Å². The second-order valence-corrected chi connectivity index (χ2v) is 11.2. The fraction of sp³-hybridized carbons (Fsp3) is 0.586. The van der Waals surface area contributed by atoms with Crippen LogP contribution in [-0.4, -0.2) is 52.4 Å². The highest BCUT2D eigenvalue weighted by atomic mass is 19.4. The third-order valence-corrected chi connectivity index (χ3v) is 8.83. The average molecular weight is 502 g/mol. The van der Waals surface area contributed by atoms with Gasteiger partial charge in [0.1, 0.15) is 0 Å². The first-order valence-corrected chi connectivity index (χ1v) is 13.0. The number of hydrogen-bond donors (Lipinski definition) is 0. The van der Waals surface area contributed by atoms with E-state index in [2.05, 4.69) is 30.7 Å². The van der Waals surface area contributed by atoms with Gasteiger partial charge in [0, 0.05) is 31.4 Å². The van der Waals surface area contributed by atoms with Crippen LogP contribution in [0.1, 0.15) is 78.7 Å². The second-order valence-electron chi connectivity index (χ2n) is 11.2. The Morgan fingerprint density at radius 3 is 2.28 bits per heavy atom. The van der Waals surface area contributed by atoms with Gasteiger partial charge in [-0.1, -0.05) is 26.0 Å². The monoisotopic (exact) mass is 501 g/mol. The van der Waals surface area contributed by atoms with E-state index in [9.17, 15) is 18.0 Å². The Kier molecular flexibility index (Phi) is 7.52. The van der Waals surface area contributed by atoms with Gasteiger partial charge in [0.25, 0.3) is 5.91 Å². The Morgan fingerprint density at radius 1 is 1.08 bits per heavy atom. The van der Waals surface area contributed by atoms with Gasteiger partial charge in [0.15, 0.2) is 0 Å². The molecule has 0 aliphatic carbocycles. The molecule has 3 heterocycles. The molecule has 0 saturated carbocycles. The molecule has 196 valence electrons. The van der Waals surface area contributed by atoms with Crippen LogP contribution in [0.2, 0.25) is 0 Å². The lowest BCUT2D eigenvalue weighted by Crippen LogP contribution is -2.58. The van der Waals surface area contributed by atoms with Gasteiger partial charge in [-0.2, -0.15) is 13.2 Å². The largest absolute Gasteiger partial charge is 0.416 e. The Morgan fingerprint density at radius 2 is 1.72 bits per heavy atom. The molecule has 7 heteroatoms. The lowest BCUT2D eigenvalue weighted by molar-refractivity contribution is -0.137. The zero-order chi connectivity index (χ0) is 26.3. The normalized spacial score (nSPS) is 23.9. The zero-order valence-electron chi connectivity index (χ0n) is 22.0. The number of rotatable bonds is 4. The summed E-state index contributed by atoms with van der Waals surface area (Å²) in [6.07, 6.45) is 0.338. The van der Waals surface area contributed by atoms with Gasteiger partial charge in [-0.15, -0.1) is 0 Å². The van der Waals surface area contributed by atoms with E-state index in [0.29, 0.717) is 11.8 Å². The fourth-order valence-corrected chi connectivity index (χ4v) is 6.30. The minimum Gasteiger partial charge on any atom is -0.338 e. The molecular weight excluding hydrogens is 463 g/mol. The van der Waals surface area contributed by atoms with Gasteiger partial charge in [-0.05, 0) is 93.7 Å². The fourth-order valence-electron chi connectivity index (χ4n) is 6.30. The smallest absolute Gasteiger partial charge is 0.338 e. The van der Waals surface area contributed by atoms with E-state index in [1.54, 1.807) is 18.3 Å². The molecule has 4 nitrogen and oxygen atoms in total. The van der Waals surface area contributed by atoms with Crippen LogP contribution >= 0.6 is 0 Å². The average Bonchev–Trinajstić information content (AvgIpc) is 2.83. The molecule has 0 bridgehead atoms. The summed E-state index contributed by atoms with van der Waals surface area (Å²) in [4.78, 5) is 22.1. The van der Waals surface area contributed by atoms with E-state index < -0.39 is 11.7 Å². The maximum Gasteiger partial charge on any atom is 0.416 e. The van der Waals surface area contributed by atoms with Crippen molar-refractivity contribution in [3.05, 3.63) is 64.5 Å². The molecule has 2 aliphatic heterocycles. The van der Waals surface area contributed by atoms with Crippen LogP contribution in [0.25, 0.3) is 0 Å². The molecule has 2 aliphatic rings. The molecule has 2 saturated heterocycles. The number of likely N-dealkylation sites (tertiary alicyclic amines) is 2. The van der Waals surface area contributed by atoms with Gasteiger partial charge < -0.3 is 4.90 Å². The summed E-state index contributed by atoms with van der Waals surface area (Å²) < 4.78 is 38.9. The quantitative estimate of drug-likeness (QED) is 0.482. The molecule has 1 aromatic carbocycles. The molecule has 0 spiro atoms. The summed E-state index contributed by atoms with van der Waals surface area (Å²) in [5, 5.41) is 0. The molecule has 1 amide bonds. The molecule has 0 N–H and O–H groups in total. The van der Waals surface area contributed by atoms with Crippen LogP contribution in [0.15, 0.2) is 36.5 Å². The van der Waals surface area contributed by atoms with E-state index in [1.807, 2.05) is 24.8 Å². The van der Waals surface area contributed by atoms with Crippen molar-refractivity contribution in [2.24, 2.45) is 11.8 Å². The molecule has 2 fully saturated rings. The number of halogens is 3. The summed E-state index contributed by atoms with van der Waals surface area (Å²) in [5.41, 5.74) is 2.92. The third kappa shape index (κ3) is 5.31. The van der Waals surface area contributed by atoms with Crippen LogP contribution in [0.5, 0.6) is 0 Å². The van der Waals surface area contributed by atoms with E-state index in [1.165, 1.54) is 12.1 Å². The molecule has 4 rings (SSSR count). The molecule has 0 radical (unpaired) electrons. The minimum atomic E-state index is -4.30. The predicted molar refractivity (Wildman–Crippen MR) is 136 cm³/mol. The first-order chi connectivity index (χ1) is 16.9. The zero-order valence-corrected chi connectivity index (χ0v) is 22.0. The first kappa shape index (κ1) is 26.6. The van der Waals surface area contributed by atoms with Crippen molar-refractivity contribution in [1.82, 2.24) is 14.8 Å². The number of amides is 1. The Bertz CT molecular complexity index is 1050. The highest BCUT2D eigenvalue weighted by molar-refractivity contribution is 5.96. The maximum atomic E-state index is 13.2. The highest BCUT2D eigenvalue weighted by Crippen LogP contribution is 2.41. The Labute approximate surface area is 212 Å². The van der Waals surface area contributed by atoms with Gasteiger partial charge in [0.2, 0.25) is 0 Å². The van der Waals surface area contributed by atoms with E-state index in [0.717, 1.165) is 67.8 Å². The molecule has 1 aromatic heterocycles. The van der Waals surface area contributed by atoms with E-state index in [-0.39, 0.29) is 17.4 Å². The van der Waals surface area contributed by atoms with Crippen molar-refractivity contribution in [2.75, 3.05) is 26.2 Å². The van der Waals surface area contributed by atoms with Crippen LogP contribution < -0.4 is 0 Å². The Hall–Kier alpha value is -2.41. The minimum absolute atomic E-state index is 0.0482. The summed E-state index contributed by atoms with van der Waals surface area (Å²) in [6.45, 7) is 14.0. The van der Waals surface area contributed by atoms with E-state index in [4.69, 9.17) is 0 Å². The third-order valence-electron chi connectivity index (χ3n) is 8.83. The lowest BCUT2D eigenvalue weighted by Gasteiger charge is -2.51. The number of aromatic nitrogens is 1. The van der Waals surface area contributed by atoms with E-state index >= 15 is 0 Å². The van der Waals surface area contributed by atoms with Crippen LogP contribution in [0.3, 0.4) is 0 Å². The summed E-state index contributed by atoms with van der Waals surface area (Å²) >= 11 is 0. The standard InChI is InChI=1S/C29H38F3N3O/c1-19-10-14-33-22(4)26(19)27(36)34-16-12-28(5,13-17-34)35-15-11-25(20(2)18-35)21(3)23-6-8-24(9-7-23)29(30,31)32/h6-10,14,20-21,25H,11-13,15-18H2,1-5H3/t20-,21-,25?/m0/s1. The maximum absolute atomic E-state index is 13.2. The number of benzene rings is 1. The molecule has 1 unspecified atom stereocenters. The predicted octanol–water partition coefficient (Wildman–Crippen LogP) is 6.47. The number of alkyl halides is 3. The van der Waals surface area contributed by atoms with Crippen molar-refractivity contribution < 1.29 is 18.0 Å². The molecule has 36 heavy (non-hydrogen) atoms. The van der Waals surface area contributed by atoms with Gasteiger partial charge in [0.05, 0.1) is 16.8 Å².